The quantitative estimate of drug-likeness (QED) is 0.345. The van der Waals surface area contributed by atoms with Crippen molar-refractivity contribution in [3.63, 3.8) is 0 Å². The van der Waals surface area contributed by atoms with Crippen LogP contribution in [0.15, 0.2) is 47.4 Å². The van der Waals surface area contributed by atoms with Gasteiger partial charge in [0.05, 0.1) is 44.2 Å². The minimum Gasteiger partial charge on any atom is -0.377 e. The van der Waals surface area contributed by atoms with Gasteiger partial charge in [0.2, 0.25) is 0 Å². The van der Waals surface area contributed by atoms with Gasteiger partial charge in [0.1, 0.15) is 0 Å². The number of carbonyl (C=O) groups is 2. The second-order valence-corrected chi connectivity index (χ2v) is 11.1. The molecule has 0 radical (unpaired) electrons. The molecule has 9 nitrogen and oxygen atoms in total. The van der Waals surface area contributed by atoms with Crippen molar-refractivity contribution >= 4 is 60.1 Å². The lowest BCUT2D eigenvalue weighted by molar-refractivity contribution is 0.0811. The number of sulfone groups is 1. The number of rotatable bonds is 10. The fraction of sp³-hybridized carbons (Fsp3) is 0.318. The largest absolute Gasteiger partial charge is 0.377 e. The van der Waals surface area contributed by atoms with Gasteiger partial charge in [0, 0.05) is 13.1 Å². The van der Waals surface area contributed by atoms with E-state index in [1.165, 1.54) is 18.2 Å². The first kappa shape index (κ1) is 26.0. The summed E-state index contributed by atoms with van der Waals surface area (Å²) < 4.78 is 31.3. The number of carbonyl (C=O) groups excluding carboxylic acids is 2. The van der Waals surface area contributed by atoms with Crippen molar-refractivity contribution in [1.82, 2.24) is 15.6 Å². The number of imide groups is 1. The van der Waals surface area contributed by atoms with Crippen LogP contribution in [0.4, 0.5) is 9.93 Å². The molecule has 1 aromatic heterocycles. The van der Waals surface area contributed by atoms with Crippen molar-refractivity contribution in [2.75, 3.05) is 30.8 Å². The molecule has 0 aliphatic carbocycles. The van der Waals surface area contributed by atoms with Crippen LogP contribution in [-0.4, -0.2) is 56.9 Å². The van der Waals surface area contributed by atoms with Crippen LogP contribution in [0.1, 0.15) is 24.2 Å². The van der Waals surface area contributed by atoms with Gasteiger partial charge in [-0.25, -0.2) is 18.2 Å². The highest BCUT2D eigenvalue weighted by Gasteiger charge is 2.18. The van der Waals surface area contributed by atoms with E-state index in [0.717, 1.165) is 11.3 Å². The smallest absolute Gasteiger partial charge is 0.327 e. The van der Waals surface area contributed by atoms with E-state index < -0.39 is 21.8 Å². The third-order valence-corrected chi connectivity index (χ3v) is 7.54. The SMILES string of the molecule is CC(C)OCCNCCS(=O)(=O)c1ccc2nc(NC(=O)NC(=O)c3ccccc3Cl)sc2c1. The van der Waals surface area contributed by atoms with Crippen LogP contribution in [0.25, 0.3) is 10.2 Å². The average Bonchev–Trinajstić information content (AvgIpc) is 3.17. The third-order valence-electron chi connectivity index (χ3n) is 4.56. The number of urea groups is 1. The first-order valence-electron chi connectivity index (χ1n) is 10.5. The molecule has 0 aliphatic heterocycles. The number of nitrogens with one attached hydrogen (secondary N) is 3. The summed E-state index contributed by atoms with van der Waals surface area (Å²) in [4.78, 5) is 28.9. The number of hydrogen-bond acceptors (Lipinski definition) is 8. The number of hydrogen-bond donors (Lipinski definition) is 3. The fourth-order valence-electron chi connectivity index (χ4n) is 2.91. The van der Waals surface area contributed by atoms with Crippen molar-refractivity contribution in [3.8, 4) is 0 Å². The molecule has 0 saturated carbocycles. The van der Waals surface area contributed by atoms with Crippen LogP contribution in [0.5, 0.6) is 0 Å². The van der Waals surface area contributed by atoms with Crippen LogP contribution in [0.2, 0.25) is 5.02 Å². The van der Waals surface area contributed by atoms with Crippen molar-refractivity contribution in [2.24, 2.45) is 0 Å². The second-order valence-electron chi connectivity index (χ2n) is 7.53. The van der Waals surface area contributed by atoms with Crippen molar-refractivity contribution in [1.29, 1.82) is 0 Å². The molecule has 0 saturated heterocycles. The summed E-state index contributed by atoms with van der Waals surface area (Å²) in [5.41, 5.74) is 0.695. The Morgan fingerprint density at radius 3 is 2.65 bits per heavy atom. The summed E-state index contributed by atoms with van der Waals surface area (Å²) in [6, 6.07) is 10.2. The molecule has 0 spiro atoms. The summed E-state index contributed by atoms with van der Waals surface area (Å²) in [6.07, 6.45) is 0.130. The Labute approximate surface area is 206 Å². The maximum absolute atomic E-state index is 12.7. The maximum Gasteiger partial charge on any atom is 0.327 e. The predicted molar refractivity (Wildman–Crippen MR) is 134 cm³/mol. The minimum absolute atomic E-state index is 0.0589. The summed E-state index contributed by atoms with van der Waals surface area (Å²) in [7, 11) is -3.50. The number of thiazole rings is 1. The lowest BCUT2D eigenvalue weighted by Crippen LogP contribution is -2.34. The summed E-state index contributed by atoms with van der Waals surface area (Å²) in [5.74, 6) is -0.710. The van der Waals surface area contributed by atoms with E-state index in [4.69, 9.17) is 16.3 Å². The van der Waals surface area contributed by atoms with Crippen molar-refractivity contribution < 1.29 is 22.7 Å². The summed E-state index contributed by atoms with van der Waals surface area (Å²) in [5, 5.41) is 8.19. The molecule has 0 fully saturated rings. The van der Waals surface area contributed by atoms with Gasteiger partial charge in [0.25, 0.3) is 5.91 Å². The van der Waals surface area contributed by atoms with Gasteiger partial charge in [-0.15, -0.1) is 0 Å². The molecule has 3 N–H and O–H groups in total. The first-order valence-corrected chi connectivity index (χ1v) is 13.3. The number of ether oxygens (including phenoxy) is 1. The zero-order valence-electron chi connectivity index (χ0n) is 18.6. The zero-order valence-corrected chi connectivity index (χ0v) is 21.0. The molecule has 12 heteroatoms. The molecule has 0 unspecified atom stereocenters. The molecule has 3 rings (SSSR count). The van der Waals surface area contributed by atoms with Gasteiger partial charge in [-0.2, -0.15) is 0 Å². The standard InChI is InChI=1S/C22H25ClN4O5S2/c1-14(2)32-11-9-24-10-12-34(30,31)15-7-8-18-19(13-15)33-22(25-18)27-21(29)26-20(28)16-5-3-4-6-17(16)23/h3-8,13-14,24H,9-12H2,1-2H3,(H2,25,26,27,28,29). The highest BCUT2D eigenvalue weighted by molar-refractivity contribution is 7.91. The lowest BCUT2D eigenvalue weighted by atomic mass is 10.2. The van der Waals surface area contributed by atoms with E-state index in [9.17, 15) is 18.0 Å². The predicted octanol–water partition coefficient (Wildman–Crippen LogP) is 3.70. The third kappa shape index (κ3) is 7.21. The second kappa shape index (κ2) is 11.7. The molecular formula is C22H25ClN4O5S2. The molecule has 34 heavy (non-hydrogen) atoms. The van der Waals surface area contributed by atoms with Gasteiger partial charge >= 0.3 is 6.03 Å². The van der Waals surface area contributed by atoms with Crippen LogP contribution < -0.4 is 16.0 Å². The summed E-state index contributed by atoms with van der Waals surface area (Å²) >= 11 is 7.07. The Balaban J connectivity index is 1.59. The van der Waals surface area contributed by atoms with Gasteiger partial charge in [-0.3, -0.25) is 15.4 Å². The minimum atomic E-state index is -3.50. The molecule has 1 heterocycles. The van der Waals surface area contributed by atoms with Crippen molar-refractivity contribution in [2.45, 2.75) is 24.8 Å². The molecule has 2 aromatic carbocycles. The lowest BCUT2D eigenvalue weighted by Gasteiger charge is -2.09. The van der Waals surface area contributed by atoms with Crippen molar-refractivity contribution in [3.05, 3.63) is 53.1 Å². The molecule has 0 aliphatic rings. The Bertz CT molecular complexity index is 1280. The number of amides is 3. The van der Waals surface area contributed by atoms with E-state index in [2.05, 4.69) is 20.9 Å². The molecule has 3 amide bonds. The van der Waals surface area contributed by atoms with E-state index >= 15 is 0 Å². The Morgan fingerprint density at radius 1 is 1.15 bits per heavy atom. The van der Waals surface area contributed by atoms with Crippen LogP contribution in [-0.2, 0) is 14.6 Å². The van der Waals surface area contributed by atoms with Gasteiger partial charge < -0.3 is 10.1 Å². The van der Waals surface area contributed by atoms with E-state index in [0.29, 0.717) is 29.9 Å². The maximum atomic E-state index is 12.7. The number of nitrogens with zero attached hydrogens (tertiary/aromatic N) is 1. The zero-order chi connectivity index (χ0) is 24.7. The first-order chi connectivity index (χ1) is 16.2. The summed E-state index contributed by atoms with van der Waals surface area (Å²) in [6.45, 7) is 5.26. The van der Waals surface area contributed by atoms with E-state index in [1.54, 1.807) is 24.3 Å². The van der Waals surface area contributed by atoms with Gasteiger partial charge in [-0.1, -0.05) is 35.1 Å². The fourth-order valence-corrected chi connectivity index (χ4v) is 5.33. The normalized spacial score (nSPS) is 11.6. The number of halogens is 1. The van der Waals surface area contributed by atoms with Crippen LogP contribution >= 0.6 is 22.9 Å². The molecule has 0 bridgehead atoms. The van der Waals surface area contributed by atoms with Gasteiger partial charge in [0.15, 0.2) is 15.0 Å². The van der Waals surface area contributed by atoms with E-state index in [-0.39, 0.29) is 32.5 Å². The van der Waals surface area contributed by atoms with Crippen LogP contribution in [0, 0.1) is 0 Å². The molecular weight excluding hydrogens is 500 g/mol. The topological polar surface area (TPSA) is 126 Å². The van der Waals surface area contributed by atoms with E-state index in [1.807, 2.05) is 13.8 Å². The Hall–Kier alpha value is -2.57. The monoisotopic (exact) mass is 524 g/mol. The molecule has 0 atom stereocenters. The number of anilines is 1. The number of benzene rings is 2. The highest BCUT2D eigenvalue weighted by atomic mass is 35.5. The van der Waals surface area contributed by atoms with Gasteiger partial charge in [-0.05, 0) is 44.2 Å². The number of aromatic nitrogens is 1. The highest BCUT2D eigenvalue weighted by Crippen LogP contribution is 2.28. The van der Waals surface area contributed by atoms with Crippen LogP contribution in [0.3, 0.4) is 0 Å². The Morgan fingerprint density at radius 2 is 1.91 bits per heavy atom. The molecule has 182 valence electrons. The number of fused-ring (bicyclic) bond motifs is 1. The Kier molecular flexibility index (Phi) is 8.97. The average molecular weight is 525 g/mol. The molecule has 3 aromatic rings.